The van der Waals surface area contributed by atoms with Crippen molar-refractivity contribution in [1.82, 2.24) is 4.90 Å². The summed E-state index contributed by atoms with van der Waals surface area (Å²) in [5.74, 6) is -0.289. The molecule has 1 amide bonds. The molecule has 11 heavy (non-hydrogen) atoms. The Morgan fingerprint density at radius 3 is 2.64 bits per heavy atom. The highest BCUT2D eigenvalue weighted by molar-refractivity contribution is 5.75. The van der Waals surface area contributed by atoms with Gasteiger partial charge in [-0.15, -0.1) is 0 Å². The zero-order chi connectivity index (χ0) is 8.69. The number of primary amides is 1. The van der Waals surface area contributed by atoms with Crippen molar-refractivity contribution >= 4 is 5.91 Å². The first-order chi connectivity index (χ1) is 5.20. The predicted molar refractivity (Wildman–Crippen MR) is 43.2 cm³/mol. The van der Waals surface area contributed by atoms with Crippen molar-refractivity contribution in [1.29, 1.82) is 0 Å². The van der Waals surface area contributed by atoms with Crippen LogP contribution >= 0.6 is 0 Å². The van der Waals surface area contributed by atoms with Crippen LogP contribution in [0, 0.1) is 0 Å². The zero-order valence-corrected chi connectivity index (χ0v) is 7.17. The summed E-state index contributed by atoms with van der Waals surface area (Å²) in [7, 11) is 1.64. The number of carbonyl (C=O) groups excluding carboxylic acids is 1. The first-order valence-electron chi connectivity index (χ1n) is 3.70. The molecule has 0 aliphatic rings. The largest absolute Gasteiger partial charge is 0.383 e. The Hall–Kier alpha value is -0.610. The molecule has 66 valence electrons. The highest BCUT2D eigenvalue weighted by Crippen LogP contribution is 1.85. The van der Waals surface area contributed by atoms with Gasteiger partial charge in [0, 0.05) is 13.7 Å². The first kappa shape index (κ1) is 10.4. The van der Waals surface area contributed by atoms with Crippen molar-refractivity contribution in [2.45, 2.75) is 6.92 Å². The van der Waals surface area contributed by atoms with Crippen molar-refractivity contribution in [3.05, 3.63) is 0 Å². The summed E-state index contributed by atoms with van der Waals surface area (Å²) in [5, 5.41) is 0. The van der Waals surface area contributed by atoms with E-state index in [1.165, 1.54) is 0 Å². The fourth-order valence-corrected chi connectivity index (χ4v) is 0.790. The van der Waals surface area contributed by atoms with E-state index in [2.05, 4.69) is 0 Å². The van der Waals surface area contributed by atoms with Gasteiger partial charge < -0.3 is 10.5 Å². The Bertz CT molecular complexity index is 117. The number of rotatable bonds is 6. The molecule has 0 unspecified atom stereocenters. The Labute approximate surface area is 67.3 Å². The number of ether oxygens (including phenoxy) is 1. The minimum Gasteiger partial charge on any atom is -0.383 e. The maximum Gasteiger partial charge on any atom is 0.231 e. The molecular weight excluding hydrogens is 144 g/mol. The second-order valence-corrected chi connectivity index (χ2v) is 2.33. The molecule has 0 aromatic carbocycles. The molecule has 4 heteroatoms. The van der Waals surface area contributed by atoms with Gasteiger partial charge >= 0.3 is 0 Å². The Morgan fingerprint density at radius 2 is 2.27 bits per heavy atom. The van der Waals surface area contributed by atoms with Crippen LogP contribution in [0.5, 0.6) is 0 Å². The van der Waals surface area contributed by atoms with Gasteiger partial charge in [0.2, 0.25) is 5.91 Å². The summed E-state index contributed by atoms with van der Waals surface area (Å²) >= 11 is 0. The van der Waals surface area contributed by atoms with Gasteiger partial charge in [-0.3, -0.25) is 9.69 Å². The average molecular weight is 160 g/mol. The van der Waals surface area contributed by atoms with Gasteiger partial charge in [-0.05, 0) is 6.54 Å². The molecule has 0 bridgehead atoms. The molecule has 0 saturated heterocycles. The standard InChI is InChI=1S/C7H16N2O2/c1-3-9(4-5-11-2)6-7(8)10/h3-6H2,1-2H3,(H2,8,10). The second kappa shape index (κ2) is 6.12. The minimum atomic E-state index is -0.289. The second-order valence-electron chi connectivity index (χ2n) is 2.33. The van der Waals surface area contributed by atoms with Crippen LogP contribution in [0.15, 0.2) is 0 Å². The smallest absolute Gasteiger partial charge is 0.231 e. The molecule has 0 fully saturated rings. The van der Waals surface area contributed by atoms with Crippen LogP contribution in [0.1, 0.15) is 6.92 Å². The lowest BCUT2D eigenvalue weighted by molar-refractivity contribution is -0.119. The summed E-state index contributed by atoms with van der Waals surface area (Å²) in [5.41, 5.74) is 5.02. The molecule has 0 heterocycles. The molecule has 4 nitrogen and oxygen atoms in total. The number of nitrogens with zero attached hydrogens (tertiary/aromatic N) is 1. The average Bonchev–Trinajstić information content (AvgIpc) is 1.97. The van der Waals surface area contributed by atoms with E-state index in [0.29, 0.717) is 13.2 Å². The van der Waals surface area contributed by atoms with Gasteiger partial charge in [-0.2, -0.15) is 0 Å². The van der Waals surface area contributed by atoms with Gasteiger partial charge in [0.05, 0.1) is 13.2 Å². The van der Waals surface area contributed by atoms with E-state index in [1.807, 2.05) is 11.8 Å². The molecule has 0 saturated carbocycles. The van der Waals surface area contributed by atoms with Gasteiger partial charge in [-0.25, -0.2) is 0 Å². The predicted octanol–water partition coefficient (Wildman–Crippen LogP) is -0.560. The molecule has 2 N–H and O–H groups in total. The van der Waals surface area contributed by atoms with Crippen LogP contribution in [0.25, 0.3) is 0 Å². The lowest BCUT2D eigenvalue weighted by Gasteiger charge is -2.17. The van der Waals surface area contributed by atoms with Crippen LogP contribution in [0.3, 0.4) is 0 Å². The third-order valence-corrected chi connectivity index (χ3v) is 1.44. The van der Waals surface area contributed by atoms with Gasteiger partial charge in [0.15, 0.2) is 0 Å². The topological polar surface area (TPSA) is 55.6 Å². The lowest BCUT2D eigenvalue weighted by atomic mass is 10.4. The molecule has 0 aromatic heterocycles. The molecule has 0 aliphatic heterocycles. The Morgan fingerprint density at radius 1 is 1.64 bits per heavy atom. The lowest BCUT2D eigenvalue weighted by Crippen LogP contribution is -2.35. The first-order valence-corrected chi connectivity index (χ1v) is 3.70. The van der Waals surface area contributed by atoms with Crippen molar-refractivity contribution in [3.63, 3.8) is 0 Å². The summed E-state index contributed by atoms with van der Waals surface area (Å²) in [6.07, 6.45) is 0. The summed E-state index contributed by atoms with van der Waals surface area (Å²) < 4.78 is 4.86. The quantitative estimate of drug-likeness (QED) is 0.566. The Balaban J connectivity index is 3.49. The minimum absolute atomic E-state index is 0.289. The molecule has 0 radical (unpaired) electrons. The molecule has 0 aromatic rings. The van der Waals surface area contributed by atoms with Crippen molar-refractivity contribution in [3.8, 4) is 0 Å². The van der Waals surface area contributed by atoms with E-state index >= 15 is 0 Å². The maximum absolute atomic E-state index is 10.5. The monoisotopic (exact) mass is 160 g/mol. The third kappa shape index (κ3) is 5.82. The molecule has 0 spiro atoms. The highest BCUT2D eigenvalue weighted by atomic mass is 16.5. The van der Waals surface area contributed by atoms with Gasteiger partial charge in [0.25, 0.3) is 0 Å². The summed E-state index contributed by atoms with van der Waals surface area (Å²) in [6.45, 7) is 4.53. The highest BCUT2D eigenvalue weighted by Gasteiger charge is 2.03. The van der Waals surface area contributed by atoms with Crippen LogP contribution in [0.2, 0.25) is 0 Å². The number of carbonyl (C=O) groups is 1. The van der Waals surface area contributed by atoms with E-state index in [1.54, 1.807) is 7.11 Å². The van der Waals surface area contributed by atoms with E-state index in [0.717, 1.165) is 13.1 Å². The third-order valence-electron chi connectivity index (χ3n) is 1.44. The van der Waals surface area contributed by atoms with Crippen LogP contribution < -0.4 is 5.73 Å². The maximum atomic E-state index is 10.5. The number of hydrogen-bond acceptors (Lipinski definition) is 3. The number of hydrogen-bond donors (Lipinski definition) is 1. The normalized spacial score (nSPS) is 10.5. The van der Waals surface area contributed by atoms with Crippen molar-refractivity contribution in [2.75, 3.05) is 33.4 Å². The fraction of sp³-hybridized carbons (Fsp3) is 0.857. The molecule has 0 aliphatic carbocycles. The van der Waals surface area contributed by atoms with Crippen LogP contribution in [-0.4, -0.2) is 44.2 Å². The fourth-order valence-electron chi connectivity index (χ4n) is 0.790. The van der Waals surface area contributed by atoms with E-state index in [-0.39, 0.29) is 5.91 Å². The summed E-state index contributed by atoms with van der Waals surface area (Å²) in [6, 6.07) is 0. The number of methoxy groups -OCH3 is 1. The van der Waals surface area contributed by atoms with Crippen molar-refractivity contribution < 1.29 is 9.53 Å². The molecule has 0 atom stereocenters. The van der Waals surface area contributed by atoms with E-state index in [4.69, 9.17) is 10.5 Å². The molecular formula is C7H16N2O2. The number of nitrogens with two attached hydrogens (primary N) is 1. The van der Waals surface area contributed by atoms with Crippen LogP contribution in [0.4, 0.5) is 0 Å². The molecule has 0 rings (SSSR count). The van der Waals surface area contributed by atoms with Crippen LogP contribution in [-0.2, 0) is 9.53 Å². The van der Waals surface area contributed by atoms with E-state index in [9.17, 15) is 4.79 Å². The van der Waals surface area contributed by atoms with Crippen molar-refractivity contribution in [2.24, 2.45) is 5.73 Å². The van der Waals surface area contributed by atoms with Gasteiger partial charge in [-0.1, -0.05) is 6.92 Å². The number of amides is 1. The Kier molecular flexibility index (Phi) is 5.78. The van der Waals surface area contributed by atoms with Gasteiger partial charge in [0.1, 0.15) is 0 Å². The number of likely N-dealkylation sites (N-methyl/N-ethyl adjacent to an activating group) is 1. The zero-order valence-electron chi connectivity index (χ0n) is 7.17. The summed E-state index contributed by atoms with van der Waals surface area (Å²) in [4.78, 5) is 12.4. The SMILES string of the molecule is CCN(CCOC)CC(N)=O. The van der Waals surface area contributed by atoms with E-state index < -0.39 is 0 Å².